The van der Waals surface area contributed by atoms with Crippen molar-refractivity contribution in [3.63, 3.8) is 0 Å². The number of alkyl carbamates (subject to hydrolysis) is 1. The topological polar surface area (TPSA) is 143 Å². The van der Waals surface area contributed by atoms with Crippen LogP contribution in [0.25, 0.3) is 11.1 Å². The smallest absolute Gasteiger partial charge is 0.407 e. The third-order valence-corrected chi connectivity index (χ3v) is 6.38. The number of methoxy groups -OCH3 is 1. The summed E-state index contributed by atoms with van der Waals surface area (Å²) in [7, 11) is 1.17. The van der Waals surface area contributed by atoms with E-state index in [0.717, 1.165) is 11.3 Å². The van der Waals surface area contributed by atoms with Gasteiger partial charge in [0.2, 0.25) is 0 Å². The van der Waals surface area contributed by atoms with E-state index in [9.17, 15) is 24.3 Å². The van der Waals surface area contributed by atoms with Gasteiger partial charge in [-0.3, -0.25) is 9.59 Å². The first-order chi connectivity index (χ1) is 18.5. The number of carbonyl (C=O) groups is 4. The van der Waals surface area contributed by atoms with Crippen molar-refractivity contribution in [1.29, 1.82) is 0 Å². The van der Waals surface area contributed by atoms with E-state index < -0.39 is 35.5 Å². The van der Waals surface area contributed by atoms with Crippen LogP contribution in [0.5, 0.6) is 5.75 Å². The minimum atomic E-state index is -1.20. The van der Waals surface area contributed by atoms with Crippen LogP contribution in [0.2, 0.25) is 0 Å². The zero-order valence-corrected chi connectivity index (χ0v) is 22.9. The van der Waals surface area contributed by atoms with E-state index in [4.69, 9.17) is 9.47 Å². The Morgan fingerprint density at radius 3 is 2.31 bits per heavy atom. The van der Waals surface area contributed by atoms with Gasteiger partial charge in [0.1, 0.15) is 22.3 Å². The molecule has 0 saturated carbocycles. The number of thiophene rings is 1. The second-order valence-electron chi connectivity index (χ2n) is 9.50. The highest BCUT2D eigenvalue weighted by atomic mass is 32.1. The van der Waals surface area contributed by atoms with E-state index in [1.165, 1.54) is 13.2 Å². The molecule has 11 heteroatoms. The Bertz CT molecular complexity index is 1330. The van der Waals surface area contributed by atoms with E-state index in [-0.39, 0.29) is 28.6 Å². The number of amides is 3. The molecule has 3 amide bonds. The Morgan fingerprint density at radius 1 is 0.949 bits per heavy atom. The number of ether oxygens (including phenoxy) is 2. The fraction of sp³-hybridized carbons (Fsp3) is 0.286. The minimum absolute atomic E-state index is 0.0875. The van der Waals surface area contributed by atoms with Gasteiger partial charge in [-0.15, -0.1) is 11.3 Å². The Kier molecular flexibility index (Phi) is 9.67. The van der Waals surface area contributed by atoms with Gasteiger partial charge in [0, 0.05) is 12.1 Å². The van der Waals surface area contributed by atoms with Crippen LogP contribution in [0.4, 0.5) is 4.79 Å². The van der Waals surface area contributed by atoms with Crippen LogP contribution < -0.4 is 16.0 Å². The molecule has 10 nitrogen and oxygen atoms in total. The molecular weight excluding hydrogens is 522 g/mol. The lowest BCUT2D eigenvalue weighted by Crippen LogP contribution is -2.49. The van der Waals surface area contributed by atoms with Gasteiger partial charge in [-0.2, -0.15) is 0 Å². The Morgan fingerprint density at radius 2 is 1.67 bits per heavy atom. The molecule has 39 heavy (non-hydrogen) atoms. The summed E-state index contributed by atoms with van der Waals surface area (Å²) < 4.78 is 9.99. The number of hydrogen-bond donors (Lipinski definition) is 4. The molecule has 0 bridgehead atoms. The van der Waals surface area contributed by atoms with Gasteiger partial charge in [-0.1, -0.05) is 42.5 Å². The van der Waals surface area contributed by atoms with Crippen LogP contribution in [0.3, 0.4) is 0 Å². The molecule has 206 valence electrons. The van der Waals surface area contributed by atoms with Gasteiger partial charge < -0.3 is 30.5 Å². The number of hydrogen-bond acceptors (Lipinski definition) is 8. The fourth-order valence-corrected chi connectivity index (χ4v) is 4.50. The molecule has 0 saturated heterocycles. The molecular formula is C28H31N3O7S. The second-order valence-corrected chi connectivity index (χ2v) is 10.6. The van der Waals surface area contributed by atoms with Crippen molar-refractivity contribution >= 4 is 35.2 Å². The molecule has 0 spiro atoms. The lowest BCUT2D eigenvalue weighted by atomic mass is 10.1. The summed E-state index contributed by atoms with van der Waals surface area (Å²) in [6.07, 6.45) is -0.752. The van der Waals surface area contributed by atoms with E-state index in [1.807, 2.05) is 6.07 Å². The molecule has 0 aliphatic carbocycles. The SMILES string of the molecule is COC(=O)C(CNC(=O)OC(C)(C)C)NC(=O)c1sc(C(=O)NCc2cccc(O)c2)cc1-c1ccccc1. The van der Waals surface area contributed by atoms with Gasteiger partial charge in [-0.05, 0) is 50.1 Å². The molecule has 0 aliphatic heterocycles. The molecule has 4 N–H and O–H groups in total. The van der Waals surface area contributed by atoms with Gasteiger partial charge in [0.05, 0.1) is 18.5 Å². The first-order valence-corrected chi connectivity index (χ1v) is 12.9. The van der Waals surface area contributed by atoms with Crippen LogP contribution in [0.15, 0.2) is 60.7 Å². The quantitative estimate of drug-likeness (QED) is 0.295. The number of carbonyl (C=O) groups excluding carboxylic acids is 4. The summed E-state index contributed by atoms with van der Waals surface area (Å²) in [4.78, 5) is 51.3. The largest absolute Gasteiger partial charge is 0.508 e. The molecule has 0 radical (unpaired) electrons. The zero-order chi connectivity index (χ0) is 28.6. The average molecular weight is 554 g/mol. The molecule has 1 atom stereocenters. The van der Waals surface area contributed by atoms with Crippen molar-refractivity contribution in [1.82, 2.24) is 16.0 Å². The third-order valence-electron chi connectivity index (χ3n) is 5.25. The van der Waals surface area contributed by atoms with E-state index in [0.29, 0.717) is 16.7 Å². The van der Waals surface area contributed by atoms with Crippen molar-refractivity contribution < 1.29 is 33.8 Å². The predicted octanol–water partition coefficient (Wildman–Crippen LogP) is 3.85. The summed E-state index contributed by atoms with van der Waals surface area (Å²) >= 11 is 0.965. The van der Waals surface area contributed by atoms with Gasteiger partial charge in [-0.25, -0.2) is 9.59 Å². The minimum Gasteiger partial charge on any atom is -0.508 e. The van der Waals surface area contributed by atoms with E-state index >= 15 is 0 Å². The maximum atomic E-state index is 13.4. The van der Waals surface area contributed by atoms with Crippen molar-refractivity contribution in [2.45, 2.75) is 39.0 Å². The first-order valence-electron chi connectivity index (χ1n) is 12.1. The average Bonchev–Trinajstić information content (AvgIpc) is 3.34. The summed E-state index contributed by atoms with van der Waals surface area (Å²) in [5.41, 5.74) is 1.17. The third kappa shape index (κ3) is 8.57. The lowest BCUT2D eigenvalue weighted by Gasteiger charge is -2.21. The molecule has 1 aromatic heterocycles. The Labute approximate surface area is 230 Å². The first kappa shape index (κ1) is 29.2. The Hall–Kier alpha value is -4.38. The van der Waals surface area contributed by atoms with Gasteiger partial charge >= 0.3 is 12.1 Å². The maximum absolute atomic E-state index is 13.4. The number of rotatable bonds is 9. The summed E-state index contributed by atoms with van der Waals surface area (Å²) in [6.45, 7) is 5.01. The van der Waals surface area contributed by atoms with E-state index in [1.54, 1.807) is 69.3 Å². The highest BCUT2D eigenvalue weighted by molar-refractivity contribution is 7.16. The molecule has 3 aromatic rings. The number of aromatic hydroxyl groups is 1. The monoisotopic (exact) mass is 553 g/mol. The fourth-order valence-electron chi connectivity index (χ4n) is 3.50. The van der Waals surface area contributed by atoms with Gasteiger partial charge in [0.15, 0.2) is 0 Å². The van der Waals surface area contributed by atoms with Crippen molar-refractivity contribution in [3.8, 4) is 16.9 Å². The molecule has 1 unspecified atom stereocenters. The maximum Gasteiger partial charge on any atom is 0.407 e. The number of phenols is 1. The molecule has 2 aromatic carbocycles. The summed E-state index contributed by atoms with van der Waals surface area (Å²) in [5.74, 6) is -1.70. The van der Waals surface area contributed by atoms with Crippen LogP contribution in [-0.4, -0.2) is 54.3 Å². The number of esters is 1. The van der Waals surface area contributed by atoms with Crippen LogP contribution in [-0.2, 0) is 20.8 Å². The van der Waals surface area contributed by atoms with Crippen molar-refractivity contribution in [2.75, 3.05) is 13.7 Å². The lowest BCUT2D eigenvalue weighted by molar-refractivity contribution is -0.142. The van der Waals surface area contributed by atoms with Crippen molar-refractivity contribution in [3.05, 3.63) is 76.0 Å². The summed E-state index contributed by atoms with van der Waals surface area (Å²) in [6, 6.07) is 16.0. The zero-order valence-electron chi connectivity index (χ0n) is 22.1. The molecule has 0 fully saturated rings. The number of benzene rings is 2. The normalized spacial score (nSPS) is 11.7. The highest BCUT2D eigenvalue weighted by Gasteiger charge is 2.27. The highest BCUT2D eigenvalue weighted by Crippen LogP contribution is 2.32. The van der Waals surface area contributed by atoms with Gasteiger partial charge in [0.25, 0.3) is 11.8 Å². The second kappa shape index (κ2) is 12.9. The molecule has 1 heterocycles. The predicted molar refractivity (Wildman–Crippen MR) is 147 cm³/mol. The van der Waals surface area contributed by atoms with Crippen molar-refractivity contribution in [2.24, 2.45) is 0 Å². The van der Waals surface area contributed by atoms with Crippen LogP contribution in [0, 0.1) is 0 Å². The standard InChI is InChI=1S/C28H31N3O7S/c1-28(2,3)38-27(36)30-16-21(26(35)37-4)31-25(34)23-20(18-10-6-5-7-11-18)14-22(39-23)24(33)29-15-17-9-8-12-19(32)13-17/h5-14,21,32H,15-16H2,1-4H3,(H,29,33)(H,30,36)(H,31,34). The number of nitrogens with one attached hydrogen (secondary N) is 3. The Balaban J connectivity index is 1.82. The number of phenolic OH excluding ortho intramolecular Hbond substituents is 1. The molecule has 0 aliphatic rings. The summed E-state index contributed by atoms with van der Waals surface area (Å²) in [5, 5.41) is 17.5. The molecule has 3 rings (SSSR count). The van der Waals surface area contributed by atoms with Crippen LogP contribution >= 0.6 is 11.3 Å². The van der Waals surface area contributed by atoms with E-state index in [2.05, 4.69) is 16.0 Å². The van der Waals surface area contributed by atoms with Crippen LogP contribution in [0.1, 0.15) is 45.7 Å².